The molecule has 1 atom stereocenters. The van der Waals surface area contributed by atoms with E-state index in [4.69, 9.17) is 4.74 Å². The summed E-state index contributed by atoms with van der Waals surface area (Å²) in [5.41, 5.74) is -1.08. The minimum absolute atomic E-state index is 0.356. The van der Waals surface area contributed by atoms with Gasteiger partial charge >= 0.3 is 0 Å². The van der Waals surface area contributed by atoms with Gasteiger partial charge in [0.1, 0.15) is 11.9 Å². The van der Waals surface area contributed by atoms with E-state index < -0.39 is 11.5 Å². The van der Waals surface area contributed by atoms with Gasteiger partial charge in [0.15, 0.2) is 0 Å². The zero-order chi connectivity index (χ0) is 13.4. The van der Waals surface area contributed by atoms with E-state index in [-0.39, 0.29) is 19.8 Å². The summed E-state index contributed by atoms with van der Waals surface area (Å²) >= 11 is 0. The molecule has 18 heavy (non-hydrogen) atoms. The quantitative estimate of drug-likeness (QED) is 0.603. The van der Waals surface area contributed by atoms with E-state index in [1.807, 2.05) is 18.2 Å². The van der Waals surface area contributed by atoms with Crippen molar-refractivity contribution in [3.05, 3.63) is 43.0 Å². The minimum atomic E-state index is -1.08. The van der Waals surface area contributed by atoms with Crippen LogP contribution in [0.15, 0.2) is 43.0 Å². The maximum atomic E-state index is 9.42. The minimum Gasteiger partial charge on any atom is -0.489 e. The van der Waals surface area contributed by atoms with Crippen LogP contribution >= 0.6 is 0 Å². The van der Waals surface area contributed by atoms with Crippen LogP contribution in [0.2, 0.25) is 0 Å². The normalized spacial score (nSPS) is 13.1. The largest absolute Gasteiger partial charge is 0.489 e. The van der Waals surface area contributed by atoms with Gasteiger partial charge in [0, 0.05) is 6.42 Å². The summed E-state index contributed by atoms with van der Waals surface area (Å²) in [7, 11) is 0. The molecular formula is C14H20O4. The number of aliphatic hydroxyl groups is 3. The Labute approximate surface area is 107 Å². The van der Waals surface area contributed by atoms with Crippen LogP contribution in [0, 0.1) is 5.41 Å². The second kappa shape index (κ2) is 7.16. The van der Waals surface area contributed by atoms with Crippen LogP contribution in [-0.4, -0.2) is 41.2 Å². The second-order valence-electron chi connectivity index (χ2n) is 4.28. The Morgan fingerprint density at radius 3 is 2.11 bits per heavy atom. The van der Waals surface area contributed by atoms with Gasteiger partial charge in [-0.1, -0.05) is 24.3 Å². The first-order valence-corrected chi connectivity index (χ1v) is 5.87. The average molecular weight is 252 g/mol. The van der Waals surface area contributed by atoms with Gasteiger partial charge in [-0.05, 0) is 12.1 Å². The molecule has 3 N–H and O–H groups in total. The molecule has 1 aromatic carbocycles. The van der Waals surface area contributed by atoms with Crippen LogP contribution in [0.4, 0.5) is 0 Å². The van der Waals surface area contributed by atoms with E-state index in [0.717, 1.165) is 0 Å². The van der Waals surface area contributed by atoms with Crippen molar-refractivity contribution in [1.29, 1.82) is 0 Å². The number of rotatable bonds is 8. The van der Waals surface area contributed by atoms with Crippen LogP contribution in [0.1, 0.15) is 6.42 Å². The third kappa shape index (κ3) is 3.32. The Hall–Kier alpha value is -1.36. The number of para-hydroxylation sites is 1. The van der Waals surface area contributed by atoms with Gasteiger partial charge in [-0.25, -0.2) is 0 Å². The molecule has 0 aliphatic rings. The van der Waals surface area contributed by atoms with Crippen LogP contribution in [0.25, 0.3) is 0 Å². The molecule has 1 unspecified atom stereocenters. The Morgan fingerprint density at radius 2 is 1.67 bits per heavy atom. The fourth-order valence-corrected chi connectivity index (χ4v) is 1.69. The van der Waals surface area contributed by atoms with Crippen LogP contribution < -0.4 is 4.74 Å². The summed E-state index contributed by atoms with van der Waals surface area (Å²) in [6, 6.07) is 9.10. The summed E-state index contributed by atoms with van der Waals surface area (Å²) in [5, 5.41) is 28.3. The molecule has 0 radical (unpaired) electrons. The Kier molecular flexibility index (Phi) is 5.85. The molecule has 0 heterocycles. The monoisotopic (exact) mass is 252 g/mol. The summed E-state index contributed by atoms with van der Waals surface area (Å²) in [4.78, 5) is 0. The maximum Gasteiger partial charge on any atom is 0.119 e. The molecule has 0 saturated heterocycles. The lowest BCUT2D eigenvalue weighted by atomic mass is 9.82. The highest BCUT2D eigenvalue weighted by Gasteiger charge is 2.38. The first kappa shape index (κ1) is 14.7. The van der Waals surface area contributed by atoms with Crippen LogP contribution in [0.5, 0.6) is 5.75 Å². The molecule has 1 aromatic rings. The van der Waals surface area contributed by atoms with E-state index in [2.05, 4.69) is 6.58 Å². The molecule has 1 rings (SSSR count). The van der Waals surface area contributed by atoms with Gasteiger partial charge in [0.25, 0.3) is 0 Å². The Balaban J connectivity index is 2.90. The fraction of sp³-hybridized carbons (Fsp3) is 0.429. The van der Waals surface area contributed by atoms with E-state index in [1.54, 1.807) is 18.2 Å². The topological polar surface area (TPSA) is 69.9 Å². The standard InChI is InChI=1S/C14H20O4/c1-2-6-13(14(9-15,10-16)11-17)18-12-7-4-3-5-8-12/h2-5,7-8,13,15-17H,1,6,9-11H2. The van der Waals surface area contributed by atoms with Crippen molar-refractivity contribution in [1.82, 2.24) is 0 Å². The molecule has 0 bridgehead atoms. The molecule has 4 heteroatoms. The zero-order valence-electron chi connectivity index (χ0n) is 10.3. The first-order valence-electron chi connectivity index (χ1n) is 5.87. The molecule has 0 amide bonds. The highest BCUT2D eigenvalue weighted by Crippen LogP contribution is 2.28. The number of benzene rings is 1. The molecular weight excluding hydrogens is 232 g/mol. The highest BCUT2D eigenvalue weighted by molar-refractivity contribution is 5.21. The van der Waals surface area contributed by atoms with Crippen molar-refractivity contribution < 1.29 is 20.1 Å². The molecule has 4 nitrogen and oxygen atoms in total. The molecule has 0 fully saturated rings. The molecule has 0 aliphatic heterocycles. The van der Waals surface area contributed by atoms with Gasteiger partial charge in [-0.15, -0.1) is 6.58 Å². The SMILES string of the molecule is C=CCC(Oc1ccccc1)C(CO)(CO)CO. The third-order valence-electron chi connectivity index (χ3n) is 3.03. The smallest absolute Gasteiger partial charge is 0.119 e. The number of aliphatic hydroxyl groups excluding tert-OH is 3. The van der Waals surface area contributed by atoms with Gasteiger partial charge < -0.3 is 20.1 Å². The summed E-state index contributed by atoms with van der Waals surface area (Å²) in [6.07, 6.45) is 1.54. The van der Waals surface area contributed by atoms with E-state index in [9.17, 15) is 15.3 Å². The van der Waals surface area contributed by atoms with Crippen LogP contribution in [0.3, 0.4) is 0 Å². The molecule has 0 spiro atoms. The van der Waals surface area contributed by atoms with Crippen molar-refractivity contribution in [3.63, 3.8) is 0 Å². The summed E-state index contributed by atoms with van der Waals surface area (Å²) in [5.74, 6) is 0.629. The first-order chi connectivity index (χ1) is 8.72. The number of hydrogen-bond acceptors (Lipinski definition) is 4. The summed E-state index contributed by atoms with van der Waals surface area (Å²) < 4.78 is 5.74. The molecule has 100 valence electrons. The Bertz CT molecular complexity index is 338. The van der Waals surface area contributed by atoms with E-state index in [0.29, 0.717) is 12.2 Å². The van der Waals surface area contributed by atoms with Crippen molar-refractivity contribution in [2.75, 3.05) is 19.8 Å². The molecule has 0 aromatic heterocycles. The maximum absolute atomic E-state index is 9.42. The lowest BCUT2D eigenvalue weighted by Crippen LogP contribution is -2.48. The summed E-state index contributed by atoms with van der Waals surface area (Å²) in [6.45, 7) is 2.57. The Morgan fingerprint density at radius 1 is 1.11 bits per heavy atom. The van der Waals surface area contributed by atoms with Crippen molar-refractivity contribution in [2.24, 2.45) is 5.41 Å². The van der Waals surface area contributed by atoms with Gasteiger partial charge in [-0.2, -0.15) is 0 Å². The molecule has 0 saturated carbocycles. The van der Waals surface area contributed by atoms with Gasteiger partial charge in [-0.3, -0.25) is 0 Å². The van der Waals surface area contributed by atoms with Gasteiger partial charge in [0.2, 0.25) is 0 Å². The lowest BCUT2D eigenvalue weighted by molar-refractivity contribution is -0.0707. The highest BCUT2D eigenvalue weighted by atomic mass is 16.5. The zero-order valence-corrected chi connectivity index (χ0v) is 10.3. The fourth-order valence-electron chi connectivity index (χ4n) is 1.69. The van der Waals surface area contributed by atoms with E-state index >= 15 is 0 Å². The van der Waals surface area contributed by atoms with Crippen molar-refractivity contribution >= 4 is 0 Å². The lowest BCUT2D eigenvalue weighted by Gasteiger charge is -2.35. The predicted molar refractivity (Wildman–Crippen MR) is 69.4 cm³/mol. The predicted octanol–water partition coefficient (Wildman–Crippen LogP) is 0.973. The van der Waals surface area contributed by atoms with E-state index in [1.165, 1.54) is 0 Å². The molecule has 0 aliphatic carbocycles. The third-order valence-corrected chi connectivity index (χ3v) is 3.03. The van der Waals surface area contributed by atoms with Gasteiger partial charge in [0.05, 0.1) is 25.2 Å². The second-order valence-corrected chi connectivity index (χ2v) is 4.28. The number of ether oxygens (including phenoxy) is 1. The van der Waals surface area contributed by atoms with Crippen molar-refractivity contribution in [2.45, 2.75) is 12.5 Å². The average Bonchev–Trinajstić information content (AvgIpc) is 2.43. The van der Waals surface area contributed by atoms with Crippen LogP contribution in [-0.2, 0) is 0 Å². The number of hydrogen-bond donors (Lipinski definition) is 3. The van der Waals surface area contributed by atoms with Crippen molar-refractivity contribution in [3.8, 4) is 5.75 Å².